The predicted octanol–water partition coefficient (Wildman–Crippen LogP) is 4.46. The van der Waals surface area contributed by atoms with E-state index in [2.05, 4.69) is 31.0 Å². The lowest BCUT2D eigenvalue weighted by atomic mass is 9.74. The molecule has 1 fully saturated rings. The Morgan fingerprint density at radius 1 is 1.33 bits per heavy atom. The van der Waals surface area contributed by atoms with Crippen LogP contribution in [0.3, 0.4) is 0 Å². The van der Waals surface area contributed by atoms with Crippen LogP contribution in [0.1, 0.15) is 51.0 Å². The average molecular weight is 309 g/mol. The SMILES string of the molecule is CCCC1CCC(CN)(N(C)Cc2cccc(Cl)c2)CC1. The van der Waals surface area contributed by atoms with Crippen molar-refractivity contribution in [2.75, 3.05) is 13.6 Å². The zero-order valence-corrected chi connectivity index (χ0v) is 14.2. The monoisotopic (exact) mass is 308 g/mol. The molecule has 0 radical (unpaired) electrons. The van der Waals surface area contributed by atoms with Gasteiger partial charge in [-0.05, 0) is 56.3 Å². The molecule has 2 rings (SSSR count). The second-order valence-corrected chi connectivity index (χ2v) is 7.08. The van der Waals surface area contributed by atoms with Gasteiger partial charge in [0.25, 0.3) is 0 Å². The third-order valence-corrected chi connectivity index (χ3v) is 5.47. The van der Waals surface area contributed by atoms with Crippen molar-refractivity contribution in [3.63, 3.8) is 0 Å². The van der Waals surface area contributed by atoms with Gasteiger partial charge >= 0.3 is 0 Å². The Morgan fingerprint density at radius 3 is 2.62 bits per heavy atom. The molecule has 1 aromatic rings. The molecule has 2 nitrogen and oxygen atoms in total. The Kier molecular flexibility index (Phi) is 6.09. The first-order chi connectivity index (χ1) is 10.1. The van der Waals surface area contributed by atoms with Gasteiger partial charge in [-0.1, -0.05) is 43.5 Å². The summed E-state index contributed by atoms with van der Waals surface area (Å²) in [5.74, 6) is 0.911. The van der Waals surface area contributed by atoms with Gasteiger partial charge in [0.2, 0.25) is 0 Å². The first-order valence-corrected chi connectivity index (χ1v) is 8.63. The minimum atomic E-state index is 0.173. The molecule has 1 aliphatic carbocycles. The van der Waals surface area contributed by atoms with Gasteiger partial charge in [0.15, 0.2) is 0 Å². The summed E-state index contributed by atoms with van der Waals surface area (Å²) in [5.41, 5.74) is 7.62. The van der Waals surface area contributed by atoms with E-state index in [9.17, 15) is 0 Å². The standard InChI is InChI=1S/C18H29ClN2/c1-3-5-15-8-10-18(14-20,11-9-15)21(2)13-16-6-4-7-17(19)12-16/h4,6-7,12,15H,3,5,8-11,13-14,20H2,1-2H3. The highest BCUT2D eigenvalue weighted by atomic mass is 35.5. The van der Waals surface area contributed by atoms with Gasteiger partial charge in [0.05, 0.1) is 0 Å². The van der Waals surface area contributed by atoms with Crippen LogP contribution in [0, 0.1) is 5.92 Å². The van der Waals surface area contributed by atoms with Gasteiger partial charge in [-0.15, -0.1) is 0 Å². The van der Waals surface area contributed by atoms with Gasteiger partial charge in [0, 0.05) is 23.7 Å². The van der Waals surface area contributed by atoms with Crippen molar-refractivity contribution in [3.05, 3.63) is 34.9 Å². The van der Waals surface area contributed by atoms with Crippen LogP contribution in [0.4, 0.5) is 0 Å². The van der Waals surface area contributed by atoms with E-state index in [1.165, 1.54) is 44.1 Å². The molecule has 1 aromatic carbocycles. The third-order valence-electron chi connectivity index (χ3n) is 5.23. The molecule has 1 saturated carbocycles. The van der Waals surface area contributed by atoms with E-state index < -0.39 is 0 Å². The number of benzene rings is 1. The lowest BCUT2D eigenvalue weighted by Crippen LogP contribution is -2.53. The molecule has 0 heterocycles. The first-order valence-electron chi connectivity index (χ1n) is 8.25. The molecular formula is C18H29ClN2. The minimum absolute atomic E-state index is 0.173. The lowest BCUT2D eigenvalue weighted by Gasteiger charge is -2.46. The molecule has 0 saturated heterocycles. The Labute approximate surface area is 134 Å². The molecule has 1 aliphatic rings. The minimum Gasteiger partial charge on any atom is -0.329 e. The topological polar surface area (TPSA) is 29.3 Å². The summed E-state index contributed by atoms with van der Waals surface area (Å²) in [5, 5.41) is 0.814. The fourth-order valence-corrected chi connectivity index (χ4v) is 3.94. The largest absolute Gasteiger partial charge is 0.329 e. The van der Waals surface area contributed by atoms with Crippen LogP contribution in [0.15, 0.2) is 24.3 Å². The van der Waals surface area contributed by atoms with Crippen LogP contribution in [-0.2, 0) is 6.54 Å². The zero-order chi connectivity index (χ0) is 15.3. The number of likely N-dealkylation sites (N-methyl/N-ethyl adjacent to an activating group) is 1. The van der Waals surface area contributed by atoms with Crippen LogP contribution >= 0.6 is 11.6 Å². The van der Waals surface area contributed by atoms with Gasteiger partial charge in [-0.2, -0.15) is 0 Å². The van der Waals surface area contributed by atoms with Crippen molar-refractivity contribution in [3.8, 4) is 0 Å². The smallest absolute Gasteiger partial charge is 0.0409 e. The van der Waals surface area contributed by atoms with Crippen LogP contribution in [0.25, 0.3) is 0 Å². The summed E-state index contributed by atoms with van der Waals surface area (Å²) in [7, 11) is 2.22. The summed E-state index contributed by atoms with van der Waals surface area (Å²) in [6.07, 6.45) is 7.78. The molecule has 3 heteroatoms. The van der Waals surface area contributed by atoms with Crippen LogP contribution < -0.4 is 5.73 Å². The molecule has 0 bridgehead atoms. The molecule has 0 aromatic heterocycles. The molecule has 0 atom stereocenters. The van der Waals surface area contributed by atoms with E-state index in [4.69, 9.17) is 17.3 Å². The molecule has 118 valence electrons. The van der Waals surface area contributed by atoms with Crippen molar-refractivity contribution in [1.82, 2.24) is 4.90 Å². The van der Waals surface area contributed by atoms with Gasteiger partial charge in [0.1, 0.15) is 0 Å². The van der Waals surface area contributed by atoms with E-state index in [-0.39, 0.29) is 5.54 Å². The van der Waals surface area contributed by atoms with Gasteiger partial charge < -0.3 is 5.73 Å². The zero-order valence-electron chi connectivity index (χ0n) is 13.4. The third kappa shape index (κ3) is 4.21. The maximum Gasteiger partial charge on any atom is 0.0409 e. The summed E-state index contributed by atoms with van der Waals surface area (Å²) >= 11 is 6.09. The highest BCUT2D eigenvalue weighted by Gasteiger charge is 2.37. The van der Waals surface area contributed by atoms with Crippen molar-refractivity contribution < 1.29 is 0 Å². The fourth-order valence-electron chi connectivity index (χ4n) is 3.73. The summed E-state index contributed by atoms with van der Waals surface area (Å²) in [6, 6.07) is 8.17. The molecule has 0 amide bonds. The molecule has 0 spiro atoms. The van der Waals surface area contributed by atoms with Gasteiger partial charge in [-0.25, -0.2) is 0 Å². The van der Waals surface area contributed by atoms with E-state index in [1.807, 2.05) is 12.1 Å². The van der Waals surface area contributed by atoms with Crippen LogP contribution in [-0.4, -0.2) is 24.0 Å². The van der Waals surface area contributed by atoms with Crippen molar-refractivity contribution >= 4 is 11.6 Å². The number of rotatable bonds is 6. The quantitative estimate of drug-likeness (QED) is 0.840. The number of hydrogen-bond donors (Lipinski definition) is 1. The second kappa shape index (κ2) is 7.62. The maximum absolute atomic E-state index is 6.17. The van der Waals surface area contributed by atoms with Gasteiger partial charge in [-0.3, -0.25) is 4.90 Å². The maximum atomic E-state index is 6.17. The molecular weight excluding hydrogens is 280 g/mol. The summed E-state index contributed by atoms with van der Waals surface area (Å²) < 4.78 is 0. The van der Waals surface area contributed by atoms with Crippen LogP contribution in [0.2, 0.25) is 5.02 Å². The normalized spacial score (nSPS) is 26.2. The van der Waals surface area contributed by atoms with E-state index in [0.29, 0.717) is 0 Å². The molecule has 21 heavy (non-hydrogen) atoms. The molecule has 2 N–H and O–H groups in total. The predicted molar refractivity (Wildman–Crippen MR) is 91.6 cm³/mol. The van der Waals surface area contributed by atoms with E-state index >= 15 is 0 Å². The van der Waals surface area contributed by atoms with Crippen LogP contribution in [0.5, 0.6) is 0 Å². The second-order valence-electron chi connectivity index (χ2n) is 6.65. The van der Waals surface area contributed by atoms with E-state index in [1.54, 1.807) is 0 Å². The Bertz CT molecular complexity index is 439. The van der Waals surface area contributed by atoms with E-state index in [0.717, 1.165) is 24.0 Å². The van der Waals surface area contributed by atoms with Crippen molar-refractivity contribution in [2.24, 2.45) is 11.7 Å². The Balaban J connectivity index is 2.00. The highest BCUT2D eigenvalue weighted by molar-refractivity contribution is 6.30. The number of halogens is 1. The molecule has 0 aliphatic heterocycles. The molecule has 0 unspecified atom stereocenters. The average Bonchev–Trinajstić information content (AvgIpc) is 2.48. The lowest BCUT2D eigenvalue weighted by molar-refractivity contribution is 0.0569. The Hall–Kier alpha value is -0.570. The Morgan fingerprint density at radius 2 is 2.05 bits per heavy atom. The highest BCUT2D eigenvalue weighted by Crippen LogP contribution is 2.37. The number of nitrogens with two attached hydrogens (primary N) is 1. The number of hydrogen-bond acceptors (Lipinski definition) is 2. The van der Waals surface area contributed by atoms with Crippen molar-refractivity contribution in [2.45, 2.75) is 57.5 Å². The van der Waals surface area contributed by atoms with Crippen molar-refractivity contribution in [1.29, 1.82) is 0 Å². The number of nitrogens with zero attached hydrogens (tertiary/aromatic N) is 1. The fraction of sp³-hybridized carbons (Fsp3) is 0.667. The first kappa shape index (κ1) is 16.8. The summed E-state index contributed by atoms with van der Waals surface area (Å²) in [4.78, 5) is 2.46. The summed E-state index contributed by atoms with van der Waals surface area (Å²) in [6.45, 7) is 3.97.